The van der Waals surface area contributed by atoms with Crippen molar-refractivity contribution in [1.29, 1.82) is 0 Å². The number of alkyl halides is 1. The van der Waals surface area contributed by atoms with Crippen molar-refractivity contribution in [1.82, 2.24) is 5.32 Å². The van der Waals surface area contributed by atoms with E-state index in [1.54, 1.807) is 0 Å². The van der Waals surface area contributed by atoms with Crippen molar-refractivity contribution in [2.45, 2.75) is 69.4 Å². The van der Waals surface area contributed by atoms with Crippen LogP contribution >= 0.6 is 11.6 Å². The lowest BCUT2D eigenvalue weighted by Crippen LogP contribution is -2.62. The Morgan fingerprint density at radius 1 is 1.14 bits per heavy atom. The van der Waals surface area contributed by atoms with Crippen molar-refractivity contribution >= 4 is 29.3 Å². The van der Waals surface area contributed by atoms with Gasteiger partial charge >= 0.3 is 0 Å². The normalized spacial score (nSPS) is 35.0. The summed E-state index contributed by atoms with van der Waals surface area (Å²) in [5.74, 6) is 0.968. The predicted octanol–water partition coefficient (Wildman–Crippen LogP) is 6.09. The van der Waals surface area contributed by atoms with Gasteiger partial charge in [0.05, 0.1) is 11.5 Å². The quantitative estimate of drug-likeness (QED) is 0.470. The smallest absolute Gasteiger partial charge is 0.227 e. The molecule has 1 amide bonds. The summed E-state index contributed by atoms with van der Waals surface area (Å²) in [6, 6.07) is 18.6. The molecule has 0 saturated heterocycles. The first-order valence-electron chi connectivity index (χ1n) is 13.4. The fourth-order valence-electron chi connectivity index (χ4n) is 7.85. The Kier molecular flexibility index (Phi) is 6.08. The van der Waals surface area contributed by atoms with Gasteiger partial charge in [0, 0.05) is 29.8 Å². The number of allylic oxidation sites excluding steroid dienone is 1. The Morgan fingerprint density at radius 2 is 1.92 bits per heavy atom. The molecule has 5 aliphatic rings. The van der Waals surface area contributed by atoms with Crippen LogP contribution in [0.4, 0.5) is 0 Å². The van der Waals surface area contributed by atoms with Gasteiger partial charge in [-0.25, -0.2) is 0 Å². The highest BCUT2D eigenvalue weighted by atomic mass is 35.5. The molecule has 1 heterocycles. The number of nitrogens with zero attached hydrogens (tertiary/aromatic N) is 1. The number of rotatable bonds is 6. The topological polar surface area (TPSA) is 61.7 Å². The van der Waals surface area contributed by atoms with E-state index in [0.29, 0.717) is 18.9 Å². The highest BCUT2D eigenvalue weighted by Gasteiger charge is 2.63. The Hall–Kier alpha value is -2.43. The van der Waals surface area contributed by atoms with Crippen molar-refractivity contribution in [2.24, 2.45) is 27.7 Å². The lowest BCUT2D eigenvalue weighted by molar-refractivity contribution is -0.158. The fraction of sp³-hybridized carbons (Fsp3) is 0.484. The lowest BCUT2D eigenvalue weighted by Gasteiger charge is -2.60. The zero-order chi connectivity index (χ0) is 24.9. The molecule has 36 heavy (non-hydrogen) atoms. The summed E-state index contributed by atoms with van der Waals surface area (Å²) < 4.78 is 0. The van der Waals surface area contributed by atoms with Crippen LogP contribution in [0.15, 0.2) is 65.8 Å². The average Bonchev–Trinajstić information content (AvgIpc) is 3.22. The van der Waals surface area contributed by atoms with Gasteiger partial charge in [0.2, 0.25) is 5.91 Å². The van der Waals surface area contributed by atoms with Gasteiger partial charge in [0.15, 0.2) is 0 Å². The number of carbonyl (C=O) groups excluding carboxylic acids is 1. The Bertz CT molecular complexity index is 1210. The maximum Gasteiger partial charge on any atom is 0.227 e. The van der Waals surface area contributed by atoms with Gasteiger partial charge < -0.3 is 10.4 Å². The van der Waals surface area contributed by atoms with Crippen LogP contribution in [-0.2, 0) is 11.3 Å². The van der Waals surface area contributed by atoms with Crippen LogP contribution in [0.5, 0.6) is 0 Å². The number of aliphatic hydroxyl groups is 1. The molecule has 2 aromatic rings. The SMILES string of the molecule is CC1CC2(C(=O)NCc3ccccc3)CCC1(C(O)CC1c3ccccc3C3=CN=CCC31)CC2Cl. The van der Waals surface area contributed by atoms with Gasteiger partial charge in [0.1, 0.15) is 0 Å². The number of carbonyl (C=O) groups is 1. The molecule has 3 fully saturated rings. The van der Waals surface area contributed by atoms with Crippen LogP contribution in [0, 0.1) is 22.7 Å². The third-order valence-electron chi connectivity index (χ3n) is 9.97. The van der Waals surface area contributed by atoms with E-state index < -0.39 is 11.5 Å². The summed E-state index contributed by atoms with van der Waals surface area (Å²) in [6.07, 6.45) is 8.25. The van der Waals surface area contributed by atoms with Crippen molar-refractivity contribution in [3.63, 3.8) is 0 Å². The molecule has 4 aliphatic carbocycles. The molecule has 2 N–H and O–H groups in total. The predicted molar refractivity (Wildman–Crippen MR) is 145 cm³/mol. The molecular weight excluding hydrogens is 468 g/mol. The third kappa shape index (κ3) is 3.68. The summed E-state index contributed by atoms with van der Waals surface area (Å²) in [5.41, 5.74) is 4.25. The molecule has 7 atom stereocenters. The van der Waals surface area contributed by atoms with Crippen LogP contribution < -0.4 is 5.32 Å². The standard InChI is InChI=1S/C31H35ClN2O2/c1-20-16-31(29(36)34-18-21-7-3-2-4-8-21)13-12-30(20,17-27(31)32)28(35)15-25-22-9-5-6-10-23(22)26-19-33-14-11-24(25)26/h2-10,14,19-20,24-25,27-28,35H,11-13,15-18H2,1H3,(H,34,36). The second-order valence-corrected chi connectivity index (χ2v) is 12.1. The largest absolute Gasteiger partial charge is 0.393 e. The average molecular weight is 503 g/mol. The number of aliphatic imine (C=N–C) groups is 1. The van der Waals surface area contributed by atoms with E-state index in [0.717, 1.165) is 37.7 Å². The molecule has 1 aliphatic heterocycles. The number of nitrogens with one attached hydrogen (secondary N) is 1. The zero-order valence-corrected chi connectivity index (χ0v) is 21.6. The molecule has 7 unspecified atom stereocenters. The molecule has 2 bridgehead atoms. The zero-order valence-electron chi connectivity index (χ0n) is 20.9. The Labute approximate surface area is 218 Å². The van der Waals surface area contributed by atoms with Gasteiger partial charge in [0.25, 0.3) is 0 Å². The molecule has 0 spiro atoms. The van der Waals surface area contributed by atoms with Crippen LogP contribution in [0.2, 0.25) is 0 Å². The number of amides is 1. The molecule has 2 aromatic carbocycles. The van der Waals surface area contributed by atoms with Crippen molar-refractivity contribution < 1.29 is 9.90 Å². The number of fused-ring (bicyclic) bond motifs is 6. The molecule has 4 nitrogen and oxygen atoms in total. The van der Waals surface area contributed by atoms with E-state index in [9.17, 15) is 9.90 Å². The second-order valence-electron chi connectivity index (χ2n) is 11.5. The minimum absolute atomic E-state index is 0.0713. The van der Waals surface area contributed by atoms with Crippen LogP contribution in [0.3, 0.4) is 0 Å². The summed E-state index contributed by atoms with van der Waals surface area (Å²) in [6.45, 7) is 2.75. The van der Waals surface area contributed by atoms with Crippen molar-refractivity contribution in [3.8, 4) is 0 Å². The van der Waals surface area contributed by atoms with E-state index in [4.69, 9.17) is 11.6 Å². The van der Waals surface area contributed by atoms with Gasteiger partial charge in [-0.1, -0.05) is 61.5 Å². The van der Waals surface area contributed by atoms with E-state index in [1.165, 1.54) is 16.7 Å². The lowest BCUT2D eigenvalue weighted by atomic mass is 9.47. The molecule has 5 heteroatoms. The van der Waals surface area contributed by atoms with Gasteiger partial charge in [-0.3, -0.25) is 9.79 Å². The number of hydrogen-bond acceptors (Lipinski definition) is 3. The van der Waals surface area contributed by atoms with Gasteiger partial charge in [-0.15, -0.1) is 11.6 Å². The van der Waals surface area contributed by atoms with Crippen LogP contribution in [-0.4, -0.2) is 28.7 Å². The van der Waals surface area contributed by atoms with Crippen molar-refractivity contribution in [2.75, 3.05) is 0 Å². The molecule has 0 aromatic heterocycles. The van der Waals surface area contributed by atoms with E-state index in [2.05, 4.69) is 41.5 Å². The van der Waals surface area contributed by atoms with Crippen molar-refractivity contribution in [3.05, 3.63) is 77.5 Å². The molecule has 7 rings (SSSR count). The summed E-state index contributed by atoms with van der Waals surface area (Å²) in [5, 5.41) is 14.8. The van der Waals surface area contributed by atoms with Gasteiger partial charge in [-0.05, 0) is 78.5 Å². The second kappa shape index (κ2) is 9.15. The number of benzene rings is 2. The minimum Gasteiger partial charge on any atom is -0.393 e. The molecular formula is C31H35ClN2O2. The monoisotopic (exact) mass is 502 g/mol. The highest BCUT2D eigenvalue weighted by molar-refractivity contribution is 6.23. The Balaban J connectivity index is 1.19. The van der Waals surface area contributed by atoms with E-state index in [1.807, 2.05) is 42.7 Å². The summed E-state index contributed by atoms with van der Waals surface area (Å²) in [7, 11) is 0. The van der Waals surface area contributed by atoms with E-state index in [-0.39, 0.29) is 28.5 Å². The maximum atomic E-state index is 13.5. The third-order valence-corrected chi connectivity index (χ3v) is 10.5. The number of halogens is 1. The number of hydrogen-bond donors (Lipinski definition) is 2. The number of aliphatic hydroxyl groups excluding tert-OH is 1. The molecule has 0 radical (unpaired) electrons. The Morgan fingerprint density at radius 3 is 2.69 bits per heavy atom. The minimum atomic E-state index is -0.549. The molecule has 3 saturated carbocycles. The first kappa shape index (κ1) is 23.9. The van der Waals surface area contributed by atoms with Crippen LogP contribution in [0.25, 0.3) is 5.57 Å². The fourth-order valence-corrected chi connectivity index (χ4v) is 8.44. The van der Waals surface area contributed by atoms with Gasteiger partial charge in [-0.2, -0.15) is 0 Å². The van der Waals surface area contributed by atoms with E-state index >= 15 is 0 Å². The molecule has 188 valence electrons. The highest BCUT2D eigenvalue weighted by Crippen LogP contribution is 2.64. The van der Waals surface area contributed by atoms with Crippen LogP contribution in [0.1, 0.15) is 68.1 Å². The summed E-state index contributed by atoms with van der Waals surface area (Å²) in [4.78, 5) is 17.9. The maximum absolute atomic E-state index is 13.5. The summed E-state index contributed by atoms with van der Waals surface area (Å²) >= 11 is 7.06. The first-order chi connectivity index (χ1) is 17.4. The first-order valence-corrected chi connectivity index (χ1v) is 13.8.